The summed E-state index contributed by atoms with van der Waals surface area (Å²) >= 11 is 0. The SMILES string of the molecule is COCCOc1cc2c(N[C@H](C)c3cccc(C(F)(F)C(C)(C)O)c3F)nc(C)nc2cc1-c1cnccn1. The van der Waals surface area contributed by atoms with Crippen LogP contribution in [0.3, 0.4) is 0 Å². The summed E-state index contributed by atoms with van der Waals surface area (Å²) in [7, 11) is 1.57. The van der Waals surface area contributed by atoms with Crippen LogP contribution in [0.15, 0.2) is 48.9 Å². The Morgan fingerprint density at radius 3 is 2.54 bits per heavy atom. The molecule has 206 valence electrons. The van der Waals surface area contributed by atoms with Gasteiger partial charge in [-0.15, -0.1) is 0 Å². The van der Waals surface area contributed by atoms with Crippen molar-refractivity contribution in [1.29, 1.82) is 0 Å². The van der Waals surface area contributed by atoms with Crippen molar-refractivity contribution >= 4 is 16.7 Å². The van der Waals surface area contributed by atoms with Crippen molar-refractivity contribution in [2.75, 3.05) is 25.6 Å². The van der Waals surface area contributed by atoms with Crippen LogP contribution in [0.1, 0.15) is 43.8 Å². The highest BCUT2D eigenvalue weighted by molar-refractivity contribution is 5.94. The zero-order valence-corrected chi connectivity index (χ0v) is 22.3. The van der Waals surface area contributed by atoms with Gasteiger partial charge >= 0.3 is 5.92 Å². The standard InChI is InChI=1S/C28H30F3N5O3/c1-16(18-7-6-8-21(25(18)29)28(30,31)27(3,4)37)34-26-20-14-24(39-12-11-38-5)19(23-15-32-9-10-33-23)13-22(20)35-17(2)36-26/h6-10,13-16,37H,11-12H2,1-5H3,(H,34,35,36)/t16-/m1/s1. The van der Waals surface area contributed by atoms with E-state index < -0.39 is 28.9 Å². The van der Waals surface area contributed by atoms with Crippen molar-refractivity contribution in [2.45, 2.75) is 45.3 Å². The molecule has 1 atom stereocenters. The second kappa shape index (κ2) is 11.1. The Morgan fingerprint density at radius 2 is 1.87 bits per heavy atom. The number of anilines is 1. The van der Waals surface area contributed by atoms with Gasteiger partial charge in [-0.05, 0) is 45.9 Å². The van der Waals surface area contributed by atoms with Crippen molar-refractivity contribution in [1.82, 2.24) is 19.9 Å². The molecule has 0 saturated carbocycles. The third-order valence-corrected chi connectivity index (χ3v) is 6.25. The first-order valence-corrected chi connectivity index (χ1v) is 12.3. The number of halogens is 3. The molecule has 2 aromatic heterocycles. The van der Waals surface area contributed by atoms with Crippen molar-refractivity contribution < 1.29 is 27.8 Å². The summed E-state index contributed by atoms with van der Waals surface area (Å²) in [6.07, 6.45) is 4.75. The van der Waals surface area contributed by atoms with E-state index in [9.17, 15) is 13.9 Å². The maximum absolute atomic E-state index is 15.4. The number of nitrogens with one attached hydrogen (secondary N) is 1. The number of aryl methyl sites for hydroxylation is 1. The predicted molar refractivity (Wildman–Crippen MR) is 141 cm³/mol. The van der Waals surface area contributed by atoms with Crippen molar-refractivity contribution in [2.24, 2.45) is 0 Å². The largest absolute Gasteiger partial charge is 0.490 e. The minimum absolute atomic E-state index is 0.00594. The number of aromatic nitrogens is 4. The molecular weight excluding hydrogens is 511 g/mol. The zero-order chi connectivity index (χ0) is 28.4. The van der Waals surface area contributed by atoms with Gasteiger partial charge < -0.3 is 19.9 Å². The van der Waals surface area contributed by atoms with Crippen LogP contribution in [-0.2, 0) is 10.7 Å². The number of benzene rings is 2. The van der Waals surface area contributed by atoms with Crippen LogP contribution in [0, 0.1) is 12.7 Å². The van der Waals surface area contributed by atoms with Crippen LogP contribution < -0.4 is 10.1 Å². The van der Waals surface area contributed by atoms with Crippen LogP contribution in [0.4, 0.5) is 19.0 Å². The fourth-order valence-electron chi connectivity index (χ4n) is 4.11. The van der Waals surface area contributed by atoms with Crippen LogP contribution in [0.2, 0.25) is 0 Å². The first-order valence-electron chi connectivity index (χ1n) is 12.3. The molecule has 8 nitrogen and oxygen atoms in total. The predicted octanol–water partition coefficient (Wildman–Crippen LogP) is 5.60. The molecular formula is C28H30F3N5O3. The highest BCUT2D eigenvalue weighted by Gasteiger charge is 2.49. The lowest BCUT2D eigenvalue weighted by Gasteiger charge is -2.30. The Labute approximate surface area is 224 Å². The molecule has 39 heavy (non-hydrogen) atoms. The van der Waals surface area contributed by atoms with E-state index in [1.807, 2.05) is 0 Å². The van der Waals surface area contributed by atoms with Gasteiger partial charge in [0.05, 0.1) is 35.6 Å². The van der Waals surface area contributed by atoms with E-state index in [0.717, 1.165) is 19.9 Å². The third kappa shape index (κ3) is 5.79. The van der Waals surface area contributed by atoms with E-state index in [1.54, 1.807) is 51.7 Å². The van der Waals surface area contributed by atoms with Crippen molar-refractivity contribution in [3.8, 4) is 17.0 Å². The Bertz CT molecular complexity index is 1460. The highest BCUT2D eigenvalue weighted by atomic mass is 19.3. The summed E-state index contributed by atoms with van der Waals surface area (Å²) in [4.78, 5) is 17.6. The first-order chi connectivity index (χ1) is 18.4. The number of methoxy groups -OCH3 is 1. The molecule has 0 bridgehead atoms. The Balaban J connectivity index is 1.78. The molecule has 11 heteroatoms. The molecule has 4 aromatic rings. The first kappa shape index (κ1) is 28.2. The molecule has 0 spiro atoms. The van der Waals surface area contributed by atoms with Crippen LogP contribution in [0.5, 0.6) is 5.75 Å². The monoisotopic (exact) mass is 541 g/mol. The van der Waals surface area contributed by atoms with Gasteiger partial charge in [-0.1, -0.05) is 12.1 Å². The molecule has 0 unspecified atom stereocenters. The molecule has 0 amide bonds. The molecule has 0 aliphatic heterocycles. The van der Waals surface area contributed by atoms with E-state index in [0.29, 0.717) is 46.2 Å². The summed E-state index contributed by atoms with van der Waals surface area (Å²) in [5, 5.41) is 13.7. The van der Waals surface area contributed by atoms with Gasteiger partial charge in [-0.3, -0.25) is 9.97 Å². The smallest absolute Gasteiger partial charge is 0.303 e. The normalized spacial score (nSPS) is 12.9. The molecule has 0 saturated heterocycles. The fraction of sp³-hybridized carbons (Fsp3) is 0.357. The highest BCUT2D eigenvalue weighted by Crippen LogP contribution is 2.42. The molecule has 2 heterocycles. The molecule has 0 fully saturated rings. The average molecular weight is 542 g/mol. The van der Waals surface area contributed by atoms with E-state index in [-0.39, 0.29) is 12.2 Å². The van der Waals surface area contributed by atoms with E-state index >= 15 is 4.39 Å². The van der Waals surface area contributed by atoms with Crippen LogP contribution >= 0.6 is 0 Å². The molecule has 0 radical (unpaired) electrons. The van der Waals surface area contributed by atoms with Gasteiger partial charge in [0.15, 0.2) is 0 Å². The second-order valence-corrected chi connectivity index (χ2v) is 9.63. The van der Waals surface area contributed by atoms with Gasteiger partial charge in [-0.2, -0.15) is 8.78 Å². The number of hydrogen-bond acceptors (Lipinski definition) is 8. The number of aliphatic hydroxyl groups is 1. The maximum atomic E-state index is 15.4. The van der Waals surface area contributed by atoms with Crippen molar-refractivity contribution in [3.63, 3.8) is 0 Å². The van der Waals surface area contributed by atoms with Crippen LogP contribution in [0.25, 0.3) is 22.2 Å². The van der Waals surface area contributed by atoms with E-state index in [2.05, 4.69) is 25.3 Å². The summed E-state index contributed by atoms with van der Waals surface area (Å²) in [5.74, 6) is -3.62. The number of nitrogens with zero attached hydrogens (tertiary/aromatic N) is 4. The van der Waals surface area contributed by atoms with Gasteiger partial charge in [0.1, 0.15) is 35.4 Å². The second-order valence-electron chi connectivity index (χ2n) is 9.63. The molecule has 0 aliphatic carbocycles. The van der Waals surface area contributed by atoms with Crippen LogP contribution in [-0.4, -0.2) is 51.0 Å². The Kier molecular flexibility index (Phi) is 8.03. The van der Waals surface area contributed by atoms with Gasteiger partial charge in [0.25, 0.3) is 0 Å². The van der Waals surface area contributed by atoms with Crippen molar-refractivity contribution in [3.05, 3.63) is 71.7 Å². The summed E-state index contributed by atoms with van der Waals surface area (Å²) in [5.41, 5.74) is -1.53. The number of hydrogen-bond donors (Lipinski definition) is 2. The zero-order valence-electron chi connectivity index (χ0n) is 22.3. The number of fused-ring (bicyclic) bond motifs is 1. The summed E-state index contributed by atoms with van der Waals surface area (Å²) < 4.78 is 56.2. The van der Waals surface area contributed by atoms with E-state index in [1.165, 1.54) is 12.1 Å². The lowest BCUT2D eigenvalue weighted by atomic mass is 9.91. The molecule has 2 N–H and O–H groups in total. The third-order valence-electron chi connectivity index (χ3n) is 6.25. The van der Waals surface area contributed by atoms with Gasteiger partial charge in [-0.25, -0.2) is 14.4 Å². The Morgan fingerprint density at radius 1 is 1.10 bits per heavy atom. The minimum Gasteiger partial charge on any atom is -0.490 e. The van der Waals surface area contributed by atoms with E-state index in [4.69, 9.17) is 9.47 Å². The maximum Gasteiger partial charge on any atom is 0.303 e. The molecule has 0 aliphatic rings. The van der Waals surface area contributed by atoms with Gasteiger partial charge in [0.2, 0.25) is 0 Å². The Hall–Kier alpha value is -3.83. The quantitative estimate of drug-likeness (QED) is 0.250. The average Bonchev–Trinajstić information content (AvgIpc) is 2.88. The lowest BCUT2D eigenvalue weighted by molar-refractivity contribution is -0.170. The topological polar surface area (TPSA) is 102 Å². The van der Waals surface area contributed by atoms with Gasteiger partial charge in [0, 0.05) is 36.0 Å². The minimum atomic E-state index is -3.81. The molecule has 2 aromatic carbocycles. The fourth-order valence-corrected chi connectivity index (χ4v) is 4.11. The summed E-state index contributed by atoms with van der Waals surface area (Å²) in [6.45, 7) is 5.86. The number of ether oxygens (including phenoxy) is 2. The number of alkyl halides is 2. The molecule has 4 rings (SSSR count). The lowest BCUT2D eigenvalue weighted by Crippen LogP contribution is -2.41. The number of rotatable bonds is 10. The summed E-state index contributed by atoms with van der Waals surface area (Å²) in [6, 6.07) is 6.52.